The molecular formula is C21H19N3O7. The number of hydrogen-bond acceptors (Lipinski definition) is 7. The summed E-state index contributed by atoms with van der Waals surface area (Å²) in [6.07, 6.45) is -0.374. The number of aromatic nitrogens is 2. The van der Waals surface area contributed by atoms with Gasteiger partial charge in [0, 0.05) is 0 Å². The topological polar surface area (TPSA) is 129 Å². The van der Waals surface area contributed by atoms with Crippen LogP contribution in [-0.4, -0.2) is 47.3 Å². The standard InChI is InChI=1S/C21H19N3O7/c25-18(22-9-13-11-29-16-7-3-4-8-17(16)31-13)12-30-19(26)10-24-15-6-2-1-5-14(15)20(27)23-21(24)28/h1-8,13H,9-12H2,(H,22,25)(H,23,27,28)/t13-/m0/s1. The highest BCUT2D eigenvalue weighted by molar-refractivity contribution is 5.82. The van der Waals surface area contributed by atoms with E-state index in [1.807, 2.05) is 12.1 Å². The van der Waals surface area contributed by atoms with Crippen LogP contribution in [0.15, 0.2) is 58.1 Å². The second-order valence-electron chi connectivity index (χ2n) is 6.82. The number of esters is 1. The van der Waals surface area contributed by atoms with E-state index in [-0.39, 0.29) is 24.6 Å². The lowest BCUT2D eigenvalue weighted by molar-refractivity contribution is -0.149. The second kappa shape index (κ2) is 8.74. The summed E-state index contributed by atoms with van der Waals surface area (Å²) in [6, 6.07) is 13.6. The molecule has 1 aliphatic heterocycles. The molecule has 1 aliphatic rings. The van der Waals surface area contributed by atoms with Crippen molar-refractivity contribution in [1.29, 1.82) is 0 Å². The average molecular weight is 425 g/mol. The molecular weight excluding hydrogens is 406 g/mol. The van der Waals surface area contributed by atoms with E-state index in [0.717, 1.165) is 4.57 Å². The van der Waals surface area contributed by atoms with Crippen molar-refractivity contribution < 1.29 is 23.8 Å². The lowest BCUT2D eigenvalue weighted by Gasteiger charge is -2.26. The van der Waals surface area contributed by atoms with Crippen LogP contribution in [0.4, 0.5) is 0 Å². The zero-order valence-corrected chi connectivity index (χ0v) is 16.3. The van der Waals surface area contributed by atoms with Crippen molar-refractivity contribution >= 4 is 22.8 Å². The number of H-pyrrole nitrogens is 1. The Hall–Kier alpha value is -4.08. The zero-order chi connectivity index (χ0) is 21.8. The van der Waals surface area contributed by atoms with Gasteiger partial charge in [0.2, 0.25) is 0 Å². The van der Waals surface area contributed by atoms with Gasteiger partial charge in [-0.05, 0) is 24.3 Å². The van der Waals surface area contributed by atoms with Gasteiger partial charge in [0.25, 0.3) is 11.5 Å². The molecule has 0 saturated heterocycles. The second-order valence-corrected chi connectivity index (χ2v) is 6.82. The Morgan fingerprint density at radius 2 is 1.84 bits per heavy atom. The van der Waals surface area contributed by atoms with Gasteiger partial charge in [-0.15, -0.1) is 0 Å². The van der Waals surface area contributed by atoms with Crippen LogP contribution in [0.2, 0.25) is 0 Å². The van der Waals surface area contributed by atoms with Gasteiger partial charge in [0.05, 0.1) is 17.4 Å². The normalized spacial score (nSPS) is 14.8. The minimum Gasteiger partial charge on any atom is -0.486 e. The predicted octanol–water partition coefficient (Wildman–Crippen LogP) is 0.189. The molecule has 1 aromatic heterocycles. The number of nitrogens with one attached hydrogen (secondary N) is 2. The Labute approximate surface area is 175 Å². The maximum absolute atomic E-state index is 12.1. The van der Waals surface area contributed by atoms with E-state index in [2.05, 4.69) is 10.3 Å². The number of amides is 1. The Bertz CT molecular complexity index is 1250. The molecule has 2 N–H and O–H groups in total. The fourth-order valence-electron chi connectivity index (χ4n) is 3.16. The first kappa shape index (κ1) is 20.2. The average Bonchev–Trinajstić information content (AvgIpc) is 2.79. The van der Waals surface area contributed by atoms with E-state index in [0.29, 0.717) is 17.0 Å². The van der Waals surface area contributed by atoms with E-state index < -0.39 is 36.3 Å². The number of fused-ring (bicyclic) bond motifs is 2. The van der Waals surface area contributed by atoms with Crippen LogP contribution in [0, 0.1) is 0 Å². The summed E-state index contributed by atoms with van der Waals surface area (Å²) < 4.78 is 17.4. The van der Waals surface area contributed by atoms with Gasteiger partial charge in [-0.3, -0.25) is 23.9 Å². The molecule has 2 heterocycles. The van der Waals surface area contributed by atoms with Gasteiger partial charge in [0.15, 0.2) is 18.1 Å². The number of carbonyl (C=O) groups is 2. The summed E-state index contributed by atoms with van der Waals surface area (Å²) in [5.74, 6) is -0.0721. The van der Waals surface area contributed by atoms with Crippen molar-refractivity contribution in [1.82, 2.24) is 14.9 Å². The molecule has 0 radical (unpaired) electrons. The van der Waals surface area contributed by atoms with E-state index in [4.69, 9.17) is 14.2 Å². The Morgan fingerprint density at radius 1 is 1.10 bits per heavy atom. The van der Waals surface area contributed by atoms with Crippen LogP contribution in [-0.2, 0) is 20.9 Å². The van der Waals surface area contributed by atoms with E-state index in [1.165, 1.54) is 0 Å². The number of benzene rings is 2. The van der Waals surface area contributed by atoms with Crippen LogP contribution in [0.25, 0.3) is 10.9 Å². The van der Waals surface area contributed by atoms with Gasteiger partial charge in [-0.25, -0.2) is 4.79 Å². The largest absolute Gasteiger partial charge is 0.486 e. The first-order valence-electron chi connectivity index (χ1n) is 9.54. The quantitative estimate of drug-likeness (QED) is 0.540. The molecule has 0 spiro atoms. The molecule has 0 unspecified atom stereocenters. The molecule has 31 heavy (non-hydrogen) atoms. The summed E-state index contributed by atoms with van der Waals surface area (Å²) >= 11 is 0. The Morgan fingerprint density at radius 3 is 2.68 bits per heavy atom. The summed E-state index contributed by atoms with van der Waals surface area (Å²) in [5, 5.41) is 2.88. The van der Waals surface area contributed by atoms with Gasteiger partial charge in [-0.2, -0.15) is 0 Å². The van der Waals surface area contributed by atoms with Gasteiger partial charge < -0.3 is 19.5 Å². The number of rotatable bonds is 6. The maximum atomic E-state index is 12.1. The highest BCUT2D eigenvalue weighted by Crippen LogP contribution is 2.30. The van der Waals surface area contributed by atoms with Crippen LogP contribution in [0.1, 0.15) is 0 Å². The Balaban J connectivity index is 1.29. The smallest absolute Gasteiger partial charge is 0.329 e. The van der Waals surface area contributed by atoms with Gasteiger partial charge in [-0.1, -0.05) is 24.3 Å². The number of para-hydroxylation sites is 3. The lowest BCUT2D eigenvalue weighted by atomic mass is 10.2. The monoisotopic (exact) mass is 425 g/mol. The van der Waals surface area contributed by atoms with Crippen molar-refractivity contribution in [2.75, 3.05) is 19.8 Å². The minimum absolute atomic E-state index is 0.175. The summed E-state index contributed by atoms with van der Waals surface area (Å²) in [5.41, 5.74) is -0.978. The van der Waals surface area contributed by atoms with Crippen molar-refractivity contribution in [3.63, 3.8) is 0 Å². The summed E-state index contributed by atoms with van der Waals surface area (Å²) in [6.45, 7) is -0.507. The third kappa shape index (κ3) is 4.58. The molecule has 0 aliphatic carbocycles. The van der Waals surface area contributed by atoms with Gasteiger partial charge >= 0.3 is 11.7 Å². The number of hydrogen-bond donors (Lipinski definition) is 2. The van der Waals surface area contributed by atoms with Crippen molar-refractivity contribution in [2.45, 2.75) is 12.6 Å². The Kier molecular flexibility index (Phi) is 5.69. The molecule has 0 saturated carbocycles. The molecule has 10 nitrogen and oxygen atoms in total. The molecule has 3 aromatic rings. The van der Waals surface area contributed by atoms with Crippen molar-refractivity contribution in [2.24, 2.45) is 0 Å². The van der Waals surface area contributed by atoms with Crippen molar-refractivity contribution in [3.05, 3.63) is 69.4 Å². The molecule has 0 bridgehead atoms. The third-order valence-electron chi connectivity index (χ3n) is 4.65. The van der Waals surface area contributed by atoms with Crippen molar-refractivity contribution in [3.8, 4) is 11.5 Å². The number of ether oxygens (including phenoxy) is 3. The van der Waals surface area contributed by atoms with E-state index in [9.17, 15) is 19.2 Å². The minimum atomic E-state index is -0.791. The highest BCUT2D eigenvalue weighted by atomic mass is 16.6. The molecule has 160 valence electrons. The lowest BCUT2D eigenvalue weighted by Crippen LogP contribution is -2.42. The van der Waals surface area contributed by atoms with E-state index in [1.54, 1.807) is 36.4 Å². The SMILES string of the molecule is O=C(COC(=O)Cn1c(=O)[nH]c(=O)c2ccccc21)NC[C@H]1COc2ccccc2O1. The molecule has 1 atom stereocenters. The summed E-state index contributed by atoms with van der Waals surface area (Å²) in [7, 11) is 0. The molecule has 4 rings (SSSR count). The number of aromatic amines is 1. The molecule has 1 amide bonds. The van der Waals surface area contributed by atoms with Crippen LogP contribution < -0.4 is 26.0 Å². The van der Waals surface area contributed by atoms with Gasteiger partial charge in [0.1, 0.15) is 19.3 Å². The summed E-state index contributed by atoms with van der Waals surface area (Å²) in [4.78, 5) is 50.3. The predicted molar refractivity (Wildman–Crippen MR) is 109 cm³/mol. The zero-order valence-electron chi connectivity index (χ0n) is 16.3. The third-order valence-corrected chi connectivity index (χ3v) is 4.65. The fraction of sp³-hybridized carbons (Fsp3) is 0.238. The first-order chi connectivity index (χ1) is 15.0. The first-order valence-corrected chi connectivity index (χ1v) is 9.54. The number of nitrogens with zero attached hydrogens (tertiary/aromatic N) is 1. The maximum Gasteiger partial charge on any atom is 0.329 e. The highest BCUT2D eigenvalue weighted by Gasteiger charge is 2.21. The van der Waals surface area contributed by atoms with E-state index >= 15 is 0 Å². The molecule has 2 aromatic carbocycles. The fourth-order valence-corrected chi connectivity index (χ4v) is 3.16. The van der Waals surface area contributed by atoms with Crippen LogP contribution in [0.3, 0.4) is 0 Å². The van der Waals surface area contributed by atoms with Crippen LogP contribution >= 0.6 is 0 Å². The number of carbonyl (C=O) groups excluding carboxylic acids is 2. The van der Waals surface area contributed by atoms with Crippen LogP contribution in [0.5, 0.6) is 11.5 Å². The molecule has 10 heteroatoms. The molecule has 0 fully saturated rings.